The molecule has 0 unspecified atom stereocenters. The minimum atomic E-state index is 1.06. The van der Waals surface area contributed by atoms with Gasteiger partial charge in [0.25, 0.3) is 0 Å². The molecule has 0 saturated heterocycles. The van der Waals surface area contributed by atoms with Crippen molar-refractivity contribution in [2.45, 2.75) is 12.8 Å². The minimum Gasteiger partial charge on any atom is -0.308 e. The van der Waals surface area contributed by atoms with Crippen LogP contribution in [0.1, 0.15) is 12.8 Å². The van der Waals surface area contributed by atoms with E-state index in [1.165, 1.54) is 81.7 Å². The molecule has 0 radical (unpaired) electrons. The highest BCUT2D eigenvalue weighted by Crippen LogP contribution is 2.48. The zero-order chi connectivity index (χ0) is 26.9. The third kappa shape index (κ3) is 3.18. The zero-order valence-electron chi connectivity index (χ0n) is 22.6. The van der Waals surface area contributed by atoms with Gasteiger partial charge in [0.05, 0.1) is 11.0 Å². The predicted octanol–water partition coefficient (Wildman–Crippen LogP) is 11.3. The van der Waals surface area contributed by atoms with Gasteiger partial charge in [-0.05, 0) is 63.0 Å². The molecule has 0 spiro atoms. The van der Waals surface area contributed by atoms with Crippen LogP contribution in [0, 0.1) is 0 Å². The molecular weight excluding hydrogens is 494 g/mol. The van der Waals surface area contributed by atoms with Crippen molar-refractivity contribution in [2.24, 2.45) is 0 Å². The summed E-state index contributed by atoms with van der Waals surface area (Å²) in [5.74, 6) is 0. The quantitative estimate of drug-likeness (QED) is 0.199. The van der Waals surface area contributed by atoms with Gasteiger partial charge in [0, 0.05) is 32.6 Å². The summed E-state index contributed by atoms with van der Waals surface area (Å²) in [5.41, 5.74) is 6.40. The molecule has 8 aromatic rings. The van der Waals surface area contributed by atoms with Gasteiger partial charge in [0.2, 0.25) is 0 Å². The molecule has 0 N–H and O–H groups in total. The van der Waals surface area contributed by atoms with E-state index in [9.17, 15) is 0 Å². The van der Waals surface area contributed by atoms with Crippen molar-refractivity contribution in [3.05, 3.63) is 140 Å². The van der Waals surface area contributed by atoms with E-state index in [0.29, 0.717) is 0 Å². The number of rotatable bonds is 2. The van der Waals surface area contributed by atoms with E-state index in [-0.39, 0.29) is 0 Å². The third-order valence-electron chi connectivity index (χ3n) is 8.94. The van der Waals surface area contributed by atoms with Crippen LogP contribution in [0.5, 0.6) is 0 Å². The summed E-state index contributed by atoms with van der Waals surface area (Å²) in [7, 11) is 0. The lowest BCUT2D eigenvalue weighted by atomic mass is 9.88. The highest BCUT2D eigenvalue weighted by Gasteiger charge is 2.23. The lowest BCUT2D eigenvalue weighted by Gasteiger charge is -2.17. The van der Waals surface area contributed by atoms with E-state index in [1.807, 2.05) is 0 Å². The summed E-state index contributed by atoms with van der Waals surface area (Å²) in [6.07, 6.45) is 9.21. The Bertz CT molecular complexity index is 2400. The molecule has 0 bridgehead atoms. The number of aromatic nitrogens is 1. The fourth-order valence-electron chi connectivity index (χ4n) is 7.22. The fourth-order valence-corrected chi connectivity index (χ4v) is 7.22. The number of benzene rings is 7. The number of fused-ring (bicyclic) bond motifs is 12. The first-order chi connectivity index (χ1) is 20.4. The third-order valence-corrected chi connectivity index (χ3v) is 8.94. The summed E-state index contributed by atoms with van der Waals surface area (Å²) in [6, 6.07) is 44.8. The molecule has 1 nitrogen and oxygen atoms in total. The summed E-state index contributed by atoms with van der Waals surface area (Å²) in [5, 5.41) is 13.1. The normalized spacial score (nSPS) is 13.7. The maximum absolute atomic E-state index is 2.56. The molecule has 7 aromatic carbocycles. The van der Waals surface area contributed by atoms with E-state index < -0.39 is 0 Å². The molecule has 1 heteroatoms. The van der Waals surface area contributed by atoms with E-state index in [2.05, 4.69) is 144 Å². The van der Waals surface area contributed by atoms with E-state index in [4.69, 9.17) is 0 Å². The molecule has 9 rings (SSSR count). The van der Waals surface area contributed by atoms with Crippen LogP contribution in [0.15, 0.2) is 140 Å². The van der Waals surface area contributed by atoms with Crippen molar-refractivity contribution < 1.29 is 0 Å². The zero-order valence-corrected chi connectivity index (χ0v) is 22.6. The van der Waals surface area contributed by atoms with Crippen LogP contribution in [0.4, 0.5) is 0 Å². The van der Waals surface area contributed by atoms with Gasteiger partial charge >= 0.3 is 0 Å². The highest BCUT2D eigenvalue weighted by atomic mass is 15.0. The molecule has 1 aromatic heterocycles. The van der Waals surface area contributed by atoms with E-state index in [0.717, 1.165) is 12.8 Å². The molecule has 1 aliphatic carbocycles. The lowest BCUT2D eigenvalue weighted by Crippen LogP contribution is -1.98. The van der Waals surface area contributed by atoms with Gasteiger partial charge in [-0.1, -0.05) is 127 Å². The molecule has 1 heterocycles. The Morgan fingerprint density at radius 1 is 0.463 bits per heavy atom. The van der Waals surface area contributed by atoms with Gasteiger partial charge < -0.3 is 4.57 Å². The average molecular weight is 522 g/mol. The Morgan fingerprint density at radius 2 is 1.17 bits per heavy atom. The fraction of sp³-hybridized carbons (Fsp3) is 0.0500. The van der Waals surface area contributed by atoms with Crippen LogP contribution in [0.2, 0.25) is 0 Å². The van der Waals surface area contributed by atoms with Crippen molar-refractivity contribution in [3.63, 3.8) is 0 Å². The van der Waals surface area contributed by atoms with Crippen molar-refractivity contribution in [3.8, 4) is 11.1 Å². The second-order valence-corrected chi connectivity index (χ2v) is 11.2. The maximum atomic E-state index is 2.56. The van der Waals surface area contributed by atoms with Crippen LogP contribution in [-0.2, 0) is 0 Å². The van der Waals surface area contributed by atoms with Crippen molar-refractivity contribution >= 4 is 70.6 Å². The number of hydrogen-bond acceptors (Lipinski definition) is 0. The Morgan fingerprint density at radius 3 is 1.98 bits per heavy atom. The second kappa shape index (κ2) is 8.68. The topological polar surface area (TPSA) is 4.93 Å². The van der Waals surface area contributed by atoms with Crippen molar-refractivity contribution in [1.29, 1.82) is 0 Å². The van der Waals surface area contributed by atoms with Crippen LogP contribution in [-0.4, -0.2) is 4.57 Å². The van der Waals surface area contributed by atoms with Crippen LogP contribution in [0.25, 0.3) is 81.7 Å². The molecule has 1 aliphatic rings. The highest BCUT2D eigenvalue weighted by molar-refractivity contribution is 6.39. The molecular formula is C40H27N. The molecule has 0 saturated carbocycles. The first-order valence-electron chi connectivity index (χ1n) is 14.5. The van der Waals surface area contributed by atoms with Crippen LogP contribution in [0.3, 0.4) is 0 Å². The summed E-state index contributed by atoms with van der Waals surface area (Å²) >= 11 is 0. The van der Waals surface area contributed by atoms with Gasteiger partial charge in [-0.3, -0.25) is 0 Å². The lowest BCUT2D eigenvalue weighted by molar-refractivity contribution is 1.02. The van der Waals surface area contributed by atoms with E-state index in [1.54, 1.807) is 0 Å². The number of nitrogens with zero attached hydrogens (tertiary/aromatic N) is 1. The number of allylic oxidation sites excluding steroid dienone is 4. The predicted molar refractivity (Wildman–Crippen MR) is 178 cm³/mol. The SMILES string of the molecule is C1=CC(n2c3c4ccccc4ccc3c3c4c5ccccc5c(-c5ccccc5)cc4c4ccccc4c32)=CCC1. The smallest absolute Gasteiger partial charge is 0.0626 e. The molecule has 192 valence electrons. The molecule has 41 heavy (non-hydrogen) atoms. The van der Waals surface area contributed by atoms with Gasteiger partial charge in [0.1, 0.15) is 0 Å². The summed E-state index contributed by atoms with van der Waals surface area (Å²) < 4.78 is 2.56. The molecule has 0 aliphatic heterocycles. The standard InChI is InChI=1S/C40H27N/c1-3-13-26(14-4-1)35-25-36-31-20-10-12-22-33(31)40-38(37(36)32-21-11-9-19-30(32)35)34-24-23-27-15-7-8-18-29(27)39(34)41(40)28-16-5-2-6-17-28/h1,3-5,7-25H,2,6H2. The first-order valence-corrected chi connectivity index (χ1v) is 14.5. The molecule has 0 atom stereocenters. The average Bonchev–Trinajstić information content (AvgIpc) is 3.41. The Kier molecular flexibility index (Phi) is 4.80. The Labute approximate surface area is 238 Å². The molecule has 0 fully saturated rings. The van der Waals surface area contributed by atoms with Crippen LogP contribution >= 0.6 is 0 Å². The summed E-state index contributed by atoms with van der Waals surface area (Å²) in [6.45, 7) is 0. The van der Waals surface area contributed by atoms with Gasteiger partial charge in [0.15, 0.2) is 0 Å². The van der Waals surface area contributed by atoms with E-state index >= 15 is 0 Å². The Balaban J connectivity index is 1.62. The maximum Gasteiger partial charge on any atom is 0.0626 e. The van der Waals surface area contributed by atoms with Gasteiger partial charge in [-0.25, -0.2) is 0 Å². The Hall–Kier alpha value is -5.14. The minimum absolute atomic E-state index is 1.06. The van der Waals surface area contributed by atoms with Crippen LogP contribution < -0.4 is 0 Å². The van der Waals surface area contributed by atoms with Gasteiger partial charge in [-0.2, -0.15) is 0 Å². The molecule has 0 amide bonds. The van der Waals surface area contributed by atoms with Gasteiger partial charge in [-0.15, -0.1) is 0 Å². The monoisotopic (exact) mass is 521 g/mol. The van der Waals surface area contributed by atoms with Crippen molar-refractivity contribution in [2.75, 3.05) is 0 Å². The summed E-state index contributed by atoms with van der Waals surface area (Å²) in [4.78, 5) is 0. The largest absolute Gasteiger partial charge is 0.308 e. The van der Waals surface area contributed by atoms with Crippen molar-refractivity contribution in [1.82, 2.24) is 4.57 Å². The second-order valence-electron chi connectivity index (χ2n) is 11.2. The number of hydrogen-bond donors (Lipinski definition) is 0. The first kappa shape index (κ1) is 22.7.